The number of hydrogen-bond donors (Lipinski definition) is 2. The molecule has 0 aliphatic heterocycles. The predicted molar refractivity (Wildman–Crippen MR) is 69.5 cm³/mol. The van der Waals surface area contributed by atoms with Gasteiger partial charge in [-0.25, -0.2) is 0 Å². The van der Waals surface area contributed by atoms with Crippen LogP contribution in [0.2, 0.25) is 0 Å². The molecule has 2 rings (SSSR count). The number of amidine groups is 1. The van der Waals surface area contributed by atoms with Gasteiger partial charge in [-0.2, -0.15) is 5.10 Å². The molecule has 7 heteroatoms. The normalized spacial score (nSPS) is 11.6. The van der Waals surface area contributed by atoms with Crippen molar-refractivity contribution in [1.82, 2.24) is 14.8 Å². The first-order valence-electron chi connectivity index (χ1n) is 5.64. The highest BCUT2D eigenvalue weighted by molar-refractivity contribution is 5.99. The number of nitrogens with two attached hydrogens (primary N) is 1. The molecule has 2 aromatic rings. The van der Waals surface area contributed by atoms with Gasteiger partial charge in [-0.1, -0.05) is 5.16 Å². The summed E-state index contributed by atoms with van der Waals surface area (Å²) in [6.45, 7) is 3.75. The van der Waals surface area contributed by atoms with E-state index >= 15 is 0 Å². The molecular weight excluding hydrogens is 246 g/mol. The maximum Gasteiger partial charge on any atom is 0.173 e. The maximum absolute atomic E-state index is 8.76. The van der Waals surface area contributed by atoms with Crippen molar-refractivity contribution in [3.05, 3.63) is 35.4 Å². The van der Waals surface area contributed by atoms with Crippen LogP contribution in [0.1, 0.15) is 17.0 Å². The second-order valence-corrected chi connectivity index (χ2v) is 4.08. The van der Waals surface area contributed by atoms with Gasteiger partial charge < -0.3 is 15.7 Å². The van der Waals surface area contributed by atoms with Gasteiger partial charge in [0.1, 0.15) is 5.69 Å². The van der Waals surface area contributed by atoms with Gasteiger partial charge in [0.15, 0.2) is 17.3 Å². The Morgan fingerprint density at radius 2 is 2.21 bits per heavy atom. The number of ether oxygens (including phenoxy) is 1. The Hall–Kier alpha value is -2.57. The van der Waals surface area contributed by atoms with E-state index in [1.807, 2.05) is 20.9 Å². The van der Waals surface area contributed by atoms with Crippen LogP contribution in [0.15, 0.2) is 23.6 Å². The Kier molecular flexibility index (Phi) is 3.37. The van der Waals surface area contributed by atoms with Crippen molar-refractivity contribution < 1.29 is 9.94 Å². The lowest BCUT2D eigenvalue weighted by molar-refractivity contribution is 0.318. The van der Waals surface area contributed by atoms with Gasteiger partial charge in [-0.05, 0) is 19.9 Å². The molecule has 0 aromatic carbocycles. The van der Waals surface area contributed by atoms with Crippen molar-refractivity contribution in [2.24, 2.45) is 17.9 Å². The van der Waals surface area contributed by atoms with Crippen molar-refractivity contribution in [2.75, 3.05) is 0 Å². The fourth-order valence-electron chi connectivity index (χ4n) is 1.74. The summed E-state index contributed by atoms with van der Waals surface area (Å²) < 4.78 is 7.52. The van der Waals surface area contributed by atoms with E-state index in [9.17, 15) is 0 Å². The van der Waals surface area contributed by atoms with Crippen LogP contribution >= 0.6 is 0 Å². The molecule has 7 nitrogen and oxygen atoms in total. The van der Waals surface area contributed by atoms with Gasteiger partial charge in [0.25, 0.3) is 0 Å². The van der Waals surface area contributed by atoms with Gasteiger partial charge in [-0.15, -0.1) is 0 Å². The van der Waals surface area contributed by atoms with E-state index in [4.69, 9.17) is 15.7 Å². The average molecular weight is 261 g/mol. The van der Waals surface area contributed by atoms with Crippen LogP contribution in [0.25, 0.3) is 0 Å². The summed E-state index contributed by atoms with van der Waals surface area (Å²) >= 11 is 0. The van der Waals surface area contributed by atoms with Crippen LogP contribution in [0.3, 0.4) is 0 Å². The zero-order valence-electron chi connectivity index (χ0n) is 11.0. The quantitative estimate of drug-likeness (QED) is 0.376. The Balaban J connectivity index is 2.44. The highest BCUT2D eigenvalue weighted by Gasteiger charge is 2.15. The average Bonchev–Trinajstić information content (AvgIpc) is 2.65. The number of oxime groups is 1. The molecule has 0 amide bonds. The summed E-state index contributed by atoms with van der Waals surface area (Å²) in [5.41, 5.74) is 7.71. The predicted octanol–water partition coefficient (Wildman–Crippen LogP) is 1.32. The topological polar surface area (TPSA) is 98.5 Å². The molecule has 0 atom stereocenters. The Morgan fingerprint density at radius 3 is 2.79 bits per heavy atom. The maximum atomic E-state index is 8.76. The van der Waals surface area contributed by atoms with E-state index in [2.05, 4.69) is 15.2 Å². The lowest BCUT2D eigenvalue weighted by Gasteiger charge is -2.09. The first kappa shape index (κ1) is 12.9. The molecule has 0 aliphatic rings. The minimum absolute atomic E-state index is 0.0309. The van der Waals surface area contributed by atoms with E-state index in [1.165, 1.54) is 6.20 Å². The minimum atomic E-state index is -0.0309. The van der Waals surface area contributed by atoms with E-state index in [0.717, 1.165) is 11.4 Å². The monoisotopic (exact) mass is 261 g/mol. The summed E-state index contributed by atoms with van der Waals surface area (Å²) in [5, 5.41) is 16.0. The lowest BCUT2D eigenvalue weighted by atomic mass is 10.2. The van der Waals surface area contributed by atoms with E-state index in [0.29, 0.717) is 17.1 Å². The molecule has 19 heavy (non-hydrogen) atoms. The molecule has 2 heterocycles. The van der Waals surface area contributed by atoms with Crippen LogP contribution in [0.5, 0.6) is 11.5 Å². The molecule has 0 aliphatic carbocycles. The van der Waals surface area contributed by atoms with Crippen LogP contribution in [-0.4, -0.2) is 25.8 Å². The minimum Gasteiger partial charge on any atom is -0.451 e. The standard InChI is InChI=1S/C12H15N5O2/c1-7-11(8(2)17(3)15-7)19-10-6-14-5-4-9(10)12(13)16-18/h4-6,18H,1-3H3,(H2,13,16). The molecular formula is C12H15N5O2. The fourth-order valence-corrected chi connectivity index (χ4v) is 1.74. The summed E-state index contributed by atoms with van der Waals surface area (Å²) in [6, 6.07) is 1.62. The number of aromatic nitrogens is 3. The second kappa shape index (κ2) is 4.97. The number of aryl methyl sites for hydroxylation is 2. The van der Waals surface area contributed by atoms with Crippen LogP contribution < -0.4 is 10.5 Å². The second-order valence-electron chi connectivity index (χ2n) is 4.08. The molecule has 0 spiro atoms. The largest absolute Gasteiger partial charge is 0.451 e. The highest BCUT2D eigenvalue weighted by atomic mass is 16.5. The summed E-state index contributed by atoms with van der Waals surface area (Å²) in [6.07, 6.45) is 3.06. The molecule has 100 valence electrons. The molecule has 0 radical (unpaired) electrons. The SMILES string of the molecule is Cc1nn(C)c(C)c1Oc1cnccc1/C(N)=N/O. The van der Waals surface area contributed by atoms with Gasteiger partial charge in [0.05, 0.1) is 17.5 Å². The van der Waals surface area contributed by atoms with Crippen molar-refractivity contribution >= 4 is 5.84 Å². The van der Waals surface area contributed by atoms with Crippen molar-refractivity contribution in [3.63, 3.8) is 0 Å². The zero-order chi connectivity index (χ0) is 14.0. The fraction of sp³-hybridized carbons (Fsp3) is 0.250. The van der Waals surface area contributed by atoms with E-state index in [-0.39, 0.29) is 5.84 Å². The Morgan fingerprint density at radius 1 is 1.47 bits per heavy atom. The molecule has 0 saturated carbocycles. The third-order valence-electron chi connectivity index (χ3n) is 2.82. The van der Waals surface area contributed by atoms with Crippen LogP contribution in [-0.2, 0) is 7.05 Å². The molecule has 0 unspecified atom stereocenters. The summed E-state index contributed by atoms with van der Waals surface area (Å²) in [4.78, 5) is 3.98. The highest BCUT2D eigenvalue weighted by Crippen LogP contribution is 2.29. The number of pyridine rings is 1. The van der Waals surface area contributed by atoms with E-state index < -0.39 is 0 Å². The first-order chi connectivity index (χ1) is 9.04. The van der Waals surface area contributed by atoms with E-state index in [1.54, 1.807) is 16.9 Å². The van der Waals surface area contributed by atoms with Crippen molar-refractivity contribution in [2.45, 2.75) is 13.8 Å². The molecule has 0 fully saturated rings. The number of nitrogens with zero attached hydrogens (tertiary/aromatic N) is 4. The van der Waals surface area contributed by atoms with Crippen molar-refractivity contribution in [1.29, 1.82) is 0 Å². The number of rotatable bonds is 3. The van der Waals surface area contributed by atoms with Gasteiger partial charge in [0, 0.05) is 13.2 Å². The van der Waals surface area contributed by atoms with Crippen LogP contribution in [0, 0.1) is 13.8 Å². The Labute approximate surface area is 110 Å². The number of hydrogen-bond acceptors (Lipinski definition) is 5. The Bertz CT molecular complexity index is 633. The summed E-state index contributed by atoms with van der Waals surface area (Å²) in [7, 11) is 1.84. The lowest BCUT2D eigenvalue weighted by Crippen LogP contribution is -2.14. The van der Waals surface area contributed by atoms with Gasteiger partial charge in [0.2, 0.25) is 0 Å². The molecule has 0 bridgehead atoms. The third kappa shape index (κ3) is 2.35. The smallest absolute Gasteiger partial charge is 0.173 e. The van der Waals surface area contributed by atoms with Gasteiger partial charge >= 0.3 is 0 Å². The van der Waals surface area contributed by atoms with Crippen molar-refractivity contribution in [3.8, 4) is 11.5 Å². The zero-order valence-corrected chi connectivity index (χ0v) is 11.0. The molecule has 2 aromatic heterocycles. The summed E-state index contributed by atoms with van der Waals surface area (Å²) in [5.74, 6) is 1.02. The van der Waals surface area contributed by atoms with Crippen LogP contribution in [0.4, 0.5) is 0 Å². The molecule has 0 saturated heterocycles. The third-order valence-corrected chi connectivity index (χ3v) is 2.82. The van der Waals surface area contributed by atoms with Gasteiger partial charge in [-0.3, -0.25) is 9.67 Å². The first-order valence-corrected chi connectivity index (χ1v) is 5.64. The molecule has 3 N–H and O–H groups in total.